The van der Waals surface area contributed by atoms with E-state index in [1.807, 2.05) is 31.3 Å². The van der Waals surface area contributed by atoms with Gasteiger partial charge in [-0.25, -0.2) is 0 Å². The van der Waals surface area contributed by atoms with Crippen LogP contribution in [0.4, 0.5) is 0 Å². The maximum atomic E-state index is 12.0. The molecule has 0 aliphatic carbocycles. The monoisotopic (exact) mass is 277 g/mol. The van der Waals surface area contributed by atoms with Crippen molar-refractivity contribution in [2.24, 2.45) is 5.92 Å². The summed E-state index contributed by atoms with van der Waals surface area (Å²) in [6, 6.07) is 7.62. The highest BCUT2D eigenvalue weighted by molar-refractivity contribution is 6.30. The summed E-state index contributed by atoms with van der Waals surface area (Å²) in [6.45, 7) is 1.63. The van der Waals surface area contributed by atoms with Gasteiger partial charge in [-0.05, 0) is 43.6 Å². The molecule has 1 aliphatic rings. The molecule has 2 atom stereocenters. The lowest BCUT2D eigenvalue weighted by Crippen LogP contribution is -2.41. The number of nitrogens with zero attached hydrogens (tertiary/aromatic N) is 3. The second-order valence-corrected chi connectivity index (χ2v) is 5.40. The molecular formula is C14H16ClN3O. The van der Waals surface area contributed by atoms with E-state index in [0.29, 0.717) is 11.6 Å². The van der Waals surface area contributed by atoms with Gasteiger partial charge in [-0.15, -0.1) is 0 Å². The van der Waals surface area contributed by atoms with Crippen LogP contribution in [0.3, 0.4) is 0 Å². The average molecular weight is 278 g/mol. The molecule has 1 aromatic rings. The second-order valence-electron chi connectivity index (χ2n) is 4.96. The van der Waals surface area contributed by atoms with Gasteiger partial charge in [-0.1, -0.05) is 23.7 Å². The lowest BCUT2D eigenvalue weighted by Gasteiger charge is -2.35. The molecule has 0 aromatic heterocycles. The van der Waals surface area contributed by atoms with E-state index < -0.39 is 0 Å². The van der Waals surface area contributed by atoms with Crippen molar-refractivity contribution in [3.8, 4) is 0 Å². The molecule has 0 radical (unpaired) electrons. The predicted molar refractivity (Wildman–Crippen MR) is 74.5 cm³/mol. The van der Waals surface area contributed by atoms with Gasteiger partial charge in [0, 0.05) is 17.5 Å². The fourth-order valence-corrected chi connectivity index (χ4v) is 2.79. The minimum atomic E-state index is -0.171. The maximum Gasteiger partial charge on any atom is 0.323 e. The Kier molecular flexibility index (Phi) is 4.48. The van der Waals surface area contributed by atoms with Crippen LogP contribution in [-0.2, 0) is 4.79 Å². The first-order valence-corrected chi connectivity index (χ1v) is 6.65. The third kappa shape index (κ3) is 3.29. The van der Waals surface area contributed by atoms with Crippen LogP contribution in [0.25, 0.3) is 5.53 Å². The summed E-state index contributed by atoms with van der Waals surface area (Å²) in [7, 11) is 1.99. The summed E-state index contributed by atoms with van der Waals surface area (Å²) in [5.41, 5.74) is 9.66. The average Bonchev–Trinajstić information content (AvgIpc) is 2.40. The highest BCUT2D eigenvalue weighted by atomic mass is 35.5. The zero-order chi connectivity index (χ0) is 13.8. The molecule has 1 fully saturated rings. The Bertz CT molecular complexity index is 508. The molecule has 1 saturated heterocycles. The quantitative estimate of drug-likeness (QED) is 0.483. The highest BCUT2D eigenvalue weighted by Crippen LogP contribution is 2.33. The Labute approximate surface area is 117 Å². The molecule has 0 N–H and O–H groups in total. The van der Waals surface area contributed by atoms with Crippen LogP contribution in [-0.4, -0.2) is 41.8 Å². The lowest BCUT2D eigenvalue weighted by atomic mass is 9.78. The molecule has 1 aliphatic heterocycles. The molecule has 5 heteroatoms. The number of hydrogen-bond acceptors (Lipinski definition) is 2. The number of carbonyl (C=O) groups excluding carboxylic acids is 1. The Morgan fingerprint density at radius 3 is 2.79 bits per heavy atom. The molecule has 0 amide bonds. The van der Waals surface area contributed by atoms with Crippen molar-refractivity contribution in [1.29, 1.82) is 0 Å². The normalized spacial score (nSPS) is 23.7. The van der Waals surface area contributed by atoms with E-state index in [1.165, 1.54) is 0 Å². The molecular weight excluding hydrogens is 262 g/mol. The van der Waals surface area contributed by atoms with Crippen LogP contribution in [0.15, 0.2) is 24.3 Å². The molecule has 0 spiro atoms. The smallest absolute Gasteiger partial charge is 0.323 e. The maximum absolute atomic E-state index is 12.0. The summed E-state index contributed by atoms with van der Waals surface area (Å²) in [6.07, 6.45) is 1.92. The number of hydrogen-bond donors (Lipinski definition) is 0. The first kappa shape index (κ1) is 13.9. The van der Waals surface area contributed by atoms with Gasteiger partial charge in [-0.2, -0.15) is 4.79 Å². The highest BCUT2D eigenvalue weighted by Gasteiger charge is 2.34. The molecule has 4 nitrogen and oxygen atoms in total. The Balaban J connectivity index is 2.27. The Hall–Kier alpha value is -1.48. The van der Waals surface area contributed by atoms with Crippen molar-refractivity contribution in [1.82, 2.24) is 4.90 Å². The van der Waals surface area contributed by atoms with E-state index in [9.17, 15) is 4.79 Å². The molecule has 100 valence electrons. The van der Waals surface area contributed by atoms with Gasteiger partial charge in [0.1, 0.15) is 0 Å². The zero-order valence-electron chi connectivity index (χ0n) is 10.8. The van der Waals surface area contributed by atoms with E-state index in [4.69, 9.17) is 17.1 Å². The summed E-state index contributed by atoms with van der Waals surface area (Å²) in [5, 5.41) is 0.691. The minimum Gasteiger partial charge on any atom is -0.361 e. The van der Waals surface area contributed by atoms with Gasteiger partial charge in [0.2, 0.25) is 5.78 Å². The number of benzene rings is 1. The van der Waals surface area contributed by atoms with Gasteiger partial charge in [0.05, 0.1) is 0 Å². The summed E-state index contributed by atoms with van der Waals surface area (Å²) < 4.78 is 0. The van der Waals surface area contributed by atoms with Crippen LogP contribution in [0, 0.1) is 5.92 Å². The molecule has 1 heterocycles. The van der Waals surface area contributed by atoms with E-state index in [2.05, 4.69) is 9.69 Å². The SMILES string of the molecule is CN1CC[C@H](c2ccc(Cl)cc2)[C@@H](C(=O)C=[N+]=[N-])C1. The van der Waals surface area contributed by atoms with Crippen molar-refractivity contribution in [3.05, 3.63) is 40.4 Å². The van der Waals surface area contributed by atoms with Gasteiger partial charge in [-0.3, -0.25) is 4.79 Å². The fraction of sp³-hybridized carbons (Fsp3) is 0.429. The van der Waals surface area contributed by atoms with E-state index in [1.54, 1.807) is 0 Å². The van der Waals surface area contributed by atoms with E-state index in [-0.39, 0.29) is 17.6 Å². The van der Waals surface area contributed by atoms with Crippen LogP contribution < -0.4 is 0 Å². The number of piperidine rings is 1. The predicted octanol–water partition coefficient (Wildman–Crippen LogP) is 2.25. The van der Waals surface area contributed by atoms with Crippen molar-refractivity contribution in [2.75, 3.05) is 20.1 Å². The van der Waals surface area contributed by atoms with Gasteiger partial charge in [0.25, 0.3) is 0 Å². The van der Waals surface area contributed by atoms with Crippen molar-refractivity contribution in [3.63, 3.8) is 0 Å². The van der Waals surface area contributed by atoms with E-state index >= 15 is 0 Å². The molecule has 19 heavy (non-hydrogen) atoms. The standard InChI is InChI=1S/C14H16ClN3O/c1-18-7-6-12(10-2-4-11(15)5-3-10)13(9-18)14(19)8-17-16/h2-5,8,12-13H,6-7,9H2,1H3/t12-,13+/m1/s1. The van der Waals surface area contributed by atoms with Crippen molar-refractivity contribution in [2.45, 2.75) is 12.3 Å². The molecule has 2 rings (SSSR count). The van der Waals surface area contributed by atoms with Crippen molar-refractivity contribution >= 4 is 23.6 Å². The molecule has 0 bridgehead atoms. The first-order chi connectivity index (χ1) is 9.11. The van der Waals surface area contributed by atoms with Gasteiger partial charge < -0.3 is 10.4 Å². The summed E-state index contributed by atoms with van der Waals surface area (Å²) in [4.78, 5) is 17.0. The number of likely N-dealkylation sites (tertiary alicyclic amines) is 1. The number of carbonyl (C=O) groups is 1. The number of ketones is 1. The minimum absolute atomic E-state index is 0.131. The third-order valence-corrected chi connectivity index (χ3v) is 3.92. The number of rotatable bonds is 3. The van der Waals surface area contributed by atoms with Crippen molar-refractivity contribution < 1.29 is 9.58 Å². The van der Waals surface area contributed by atoms with Gasteiger partial charge >= 0.3 is 6.21 Å². The Morgan fingerprint density at radius 2 is 2.16 bits per heavy atom. The largest absolute Gasteiger partial charge is 0.361 e. The second kappa shape index (κ2) is 6.11. The topological polar surface area (TPSA) is 56.7 Å². The van der Waals surface area contributed by atoms with Crippen LogP contribution in [0.1, 0.15) is 17.9 Å². The summed E-state index contributed by atoms with van der Waals surface area (Å²) in [5.74, 6) is -0.149. The molecule has 1 aromatic carbocycles. The molecule has 0 unspecified atom stereocenters. The zero-order valence-corrected chi connectivity index (χ0v) is 11.5. The third-order valence-electron chi connectivity index (χ3n) is 3.66. The van der Waals surface area contributed by atoms with Crippen LogP contribution in [0.5, 0.6) is 0 Å². The number of Topliss-reactive ketones (excluding diaryl/α,β-unsaturated/α-hetero) is 1. The number of halogens is 1. The fourth-order valence-electron chi connectivity index (χ4n) is 2.66. The lowest BCUT2D eigenvalue weighted by molar-refractivity contribution is -0.121. The molecule has 0 saturated carbocycles. The summed E-state index contributed by atoms with van der Waals surface area (Å²) >= 11 is 5.89. The van der Waals surface area contributed by atoms with Crippen LogP contribution in [0.2, 0.25) is 5.02 Å². The van der Waals surface area contributed by atoms with Crippen LogP contribution >= 0.6 is 11.6 Å². The Morgan fingerprint density at radius 1 is 1.47 bits per heavy atom. The van der Waals surface area contributed by atoms with E-state index in [0.717, 1.165) is 24.7 Å². The first-order valence-electron chi connectivity index (χ1n) is 6.27. The van der Waals surface area contributed by atoms with Gasteiger partial charge in [0.15, 0.2) is 0 Å².